The summed E-state index contributed by atoms with van der Waals surface area (Å²) in [4.78, 5) is 21.4. The van der Waals surface area contributed by atoms with Crippen molar-refractivity contribution in [3.63, 3.8) is 0 Å². The van der Waals surface area contributed by atoms with Gasteiger partial charge in [-0.2, -0.15) is 0 Å². The van der Waals surface area contributed by atoms with Crippen LogP contribution in [0.25, 0.3) is 0 Å². The number of anilines is 27. The van der Waals surface area contributed by atoms with Crippen LogP contribution in [0.2, 0.25) is 0 Å². The maximum Gasteiger partial charge on any atom is 0.0703 e. The first-order chi connectivity index (χ1) is 61.5. The zero-order valence-electron chi connectivity index (χ0n) is 69.8. The smallest absolute Gasteiger partial charge is 0.0703 e. The molecule has 18 aromatic carbocycles. The van der Waals surface area contributed by atoms with Crippen LogP contribution in [-0.4, -0.2) is 0 Å². The van der Waals surface area contributed by atoms with Crippen LogP contribution in [0.5, 0.6) is 0 Å². The number of para-hydroxylation sites is 20. The third-order valence-electron chi connectivity index (χ3n) is 25.5. The molecule has 0 aromatic heterocycles. The molecule has 5 heterocycles. The summed E-state index contributed by atoms with van der Waals surface area (Å²) < 4.78 is 1.06. The highest BCUT2D eigenvalue weighted by atomic mass is 79.9. The summed E-state index contributed by atoms with van der Waals surface area (Å²) in [6, 6.07) is 162. The van der Waals surface area contributed by atoms with Gasteiger partial charge in [-0.25, -0.2) is 0 Å². The van der Waals surface area contributed by atoms with Crippen molar-refractivity contribution in [1.29, 1.82) is 0 Å². The monoisotopic (exact) mass is 1670 g/mol. The minimum atomic E-state index is -0.105. The zero-order valence-corrected chi connectivity index (χ0v) is 71.4. The van der Waals surface area contributed by atoms with Crippen LogP contribution in [0.15, 0.2) is 453 Å². The average Bonchev–Trinajstić information content (AvgIpc) is 0.733. The van der Waals surface area contributed by atoms with E-state index in [1.165, 1.54) is 44.8 Å². The molecule has 0 N–H and O–H groups in total. The Morgan fingerprint density at radius 3 is 0.512 bits per heavy atom. The zero-order chi connectivity index (χ0) is 83.9. The van der Waals surface area contributed by atoms with E-state index < -0.39 is 0 Å². The highest BCUT2D eigenvalue weighted by Crippen LogP contribution is 2.61. The van der Waals surface area contributed by atoms with Crippen LogP contribution in [0.1, 0.15) is 61.1 Å². The van der Waals surface area contributed by atoms with Crippen molar-refractivity contribution in [3.05, 3.63) is 487 Å². The molecule has 18 aromatic rings. The summed E-state index contributed by atoms with van der Waals surface area (Å²) in [6.07, 6.45) is 1.08. The molecule has 125 heavy (non-hydrogen) atoms. The van der Waals surface area contributed by atoms with Crippen LogP contribution >= 0.6 is 15.9 Å². The fraction of sp³-hybridized carbons (Fsp3) is 0.0609. The third kappa shape index (κ3) is 13.0. The number of fused-ring (bicyclic) bond motifs is 12. The molecule has 0 spiro atoms. The second-order valence-corrected chi connectivity index (χ2v) is 34.3. The van der Waals surface area contributed by atoms with Crippen molar-refractivity contribution in [2.45, 2.75) is 44.9 Å². The summed E-state index contributed by atoms with van der Waals surface area (Å²) in [5.74, 6) is 0. The first kappa shape index (κ1) is 75.8. The quantitative estimate of drug-likeness (QED) is 0.140. The largest absolute Gasteiger partial charge is 0.310 e. The summed E-state index contributed by atoms with van der Waals surface area (Å²) >= 11 is 3.61. The fourth-order valence-corrected chi connectivity index (χ4v) is 20.1. The van der Waals surface area contributed by atoms with Gasteiger partial charge in [0.05, 0.1) is 102 Å². The van der Waals surface area contributed by atoms with Crippen LogP contribution in [0, 0.1) is 0 Å². The van der Waals surface area contributed by atoms with Crippen molar-refractivity contribution >= 4 is 169 Å². The second kappa shape index (κ2) is 31.3. The van der Waals surface area contributed by atoms with E-state index in [4.69, 9.17) is 0 Å². The Labute approximate surface area is 740 Å². The van der Waals surface area contributed by atoms with Gasteiger partial charge in [-0.1, -0.05) is 262 Å². The number of hydrogen-bond acceptors (Lipinski definition) is 9. The number of benzene rings is 18. The molecule has 9 nitrogen and oxygen atoms in total. The molecule has 5 aliphatic heterocycles. The summed E-state index contributed by atoms with van der Waals surface area (Å²) in [5.41, 5.74) is 39.3. The lowest BCUT2D eigenvalue weighted by Crippen LogP contribution is -2.30. The van der Waals surface area contributed by atoms with Gasteiger partial charge in [-0.05, 0) is 270 Å². The summed E-state index contributed by atoms with van der Waals surface area (Å²) in [7, 11) is 0. The Morgan fingerprint density at radius 1 is 0.152 bits per heavy atom. The Hall–Kier alpha value is -15.4. The van der Waals surface area contributed by atoms with Crippen LogP contribution in [-0.2, 0) is 17.3 Å². The molecule has 0 saturated heterocycles. The molecule has 10 heteroatoms. The van der Waals surface area contributed by atoms with E-state index in [0.29, 0.717) is 0 Å². The van der Waals surface area contributed by atoms with E-state index in [2.05, 4.69) is 537 Å². The molecule has 6 aliphatic rings. The Balaban J connectivity index is 0.000000129. The number of halogens is 1. The van der Waals surface area contributed by atoms with Gasteiger partial charge in [0, 0.05) is 66.5 Å². The molecule has 0 atom stereocenters. The molecule has 0 amide bonds. The number of hydrogen-bond donors (Lipinski definition) is 0. The first-order valence-corrected chi connectivity index (χ1v) is 43.8. The summed E-state index contributed by atoms with van der Waals surface area (Å²) in [6.45, 7) is 9.31. The predicted molar refractivity (Wildman–Crippen MR) is 527 cm³/mol. The number of rotatable bonds is 9. The van der Waals surface area contributed by atoms with Gasteiger partial charge in [-0.3, -0.25) is 0 Å². The number of nitrogens with zero attached hydrogens (tertiary/aromatic N) is 9. The minimum absolute atomic E-state index is 0.105. The maximum atomic E-state index is 3.61. The molecule has 24 rings (SSSR count). The standard InChI is InChI=1S/C57H43N5.C42H29BrN4.C16H16/c1-57(2)45-20-6-8-22-47(45)58(48-23-9-7-21-46(48)57)41-32-34-42(35-33-41)61-53-28-14-16-30-55(53)62(56-31-17-15-29-54(56)61)44-38-36-43(37-39-44)60-51-26-12-10-24-49(51)59(40-18-4-3-5-19-40)50-25-11-13-27-52(50)60;43-30-22-24-32(25-23-30)45-39-18-8-10-20-41(39)47(42-21-11-9-19-40(42)45)34-28-26-33(27-29-34)46-37-16-6-4-14-35(37)44(31-12-2-1-3-13-31)36-15-5-7-17-38(36)46;1-16(2)14-9-5-3-7-12(14)11-13-8-4-6-10-15(13)16/h3-39H,1-2H3;1-29H;3-10H,11H2,1-2H3. The van der Waals surface area contributed by atoms with Crippen molar-refractivity contribution in [2.75, 3.05) is 44.1 Å². The molecule has 1 aliphatic carbocycles. The molecule has 0 saturated carbocycles. The van der Waals surface area contributed by atoms with E-state index in [0.717, 1.165) is 153 Å². The van der Waals surface area contributed by atoms with Gasteiger partial charge in [0.25, 0.3) is 0 Å². The van der Waals surface area contributed by atoms with Gasteiger partial charge < -0.3 is 44.1 Å². The van der Waals surface area contributed by atoms with Gasteiger partial charge >= 0.3 is 0 Å². The summed E-state index contributed by atoms with van der Waals surface area (Å²) in [5, 5.41) is 0. The van der Waals surface area contributed by atoms with Gasteiger partial charge in [0.1, 0.15) is 0 Å². The molecule has 0 radical (unpaired) electrons. The Morgan fingerprint density at radius 2 is 0.296 bits per heavy atom. The van der Waals surface area contributed by atoms with Crippen LogP contribution in [0.4, 0.5) is 154 Å². The molecule has 0 unspecified atom stereocenters. The molecular formula is C115H88BrN9. The van der Waals surface area contributed by atoms with E-state index in [-0.39, 0.29) is 10.8 Å². The maximum absolute atomic E-state index is 3.61. The predicted octanol–water partition coefficient (Wildman–Crippen LogP) is 33.2. The van der Waals surface area contributed by atoms with Crippen molar-refractivity contribution in [1.82, 2.24) is 0 Å². The first-order valence-electron chi connectivity index (χ1n) is 43.0. The molecule has 600 valence electrons. The lowest BCUT2D eigenvalue weighted by molar-refractivity contribution is 0.610. The highest BCUT2D eigenvalue weighted by molar-refractivity contribution is 9.10. The topological polar surface area (TPSA) is 29.2 Å². The highest BCUT2D eigenvalue weighted by Gasteiger charge is 2.40. The molecular weight excluding hydrogens is 1590 g/mol. The minimum Gasteiger partial charge on any atom is -0.310 e. The van der Waals surface area contributed by atoms with Gasteiger partial charge in [0.15, 0.2) is 0 Å². The third-order valence-corrected chi connectivity index (χ3v) is 26.0. The normalized spacial score (nSPS) is 14.1. The van der Waals surface area contributed by atoms with E-state index in [9.17, 15) is 0 Å². The van der Waals surface area contributed by atoms with E-state index >= 15 is 0 Å². The van der Waals surface area contributed by atoms with Gasteiger partial charge in [-0.15, -0.1) is 0 Å². The van der Waals surface area contributed by atoms with Crippen LogP contribution < -0.4 is 44.1 Å². The van der Waals surface area contributed by atoms with Crippen molar-refractivity contribution in [2.24, 2.45) is 0 Å². The van der Waals surface area contributed by atoms with Gasteiger partial charge in [0.2, 0.25) is 0 Å². The SMILES string of the molecule is Brc1ccc(N2c3ccccc3N(c3ccc(N4c5ccccc5N(c5ccccc5)c5ccccc54)cc3)c3ccccc32)cc1.CC1(C)c2ccccc2Cc2ccccc21.CC1(C)c2ccccc2N(c2ccc(N3c4ccccc4N(c4ccc(N5c6ccccc6N(c6ccccc6)c6ccccc65)cc4)c4ccccc43)cc2)c2ccccc21. The van der Waals surface area contributed by atoms with Crippen molar-refractivity contribution in [3.8, 4) is 0 Å². The van der Waals surface area contributed by atoms with E-state index in [1.807, 2.05) is 0 Å². The Kier molecular flexibility index (Phi) is 19.0. The fourth-order valence-electron chi connectivity index (χ4n) is 19.9. The lowest BCUT2D eigenvalue weighted by Gasteiger charge is -2.42. The van der Waals surface area contributed by atoms with E-state index in [1.54, 1.807) is 0 Å². The van der Waals surface area contributed by atoms with Crippen molar-refractivity contribution < 1.29 is 0 Å². The second-order valence-electron chi connectivity index (χ2n) is 33.4. The Bertz CT molecular complexity index is 6810. The molecule has 0 fully saturated rings. The van der Waals surface area contributed by atoms with Crippen LogP contribution in [0.3, 0.4) is 0 Å². The lowest BCUT2D eigenvalue weighted by atomic mass is 9.69. The average molecular weight is 1680 g/mol. The molecule has 0 bridgehead atoms.